The van der Waals surface area contributed by atoms with Crippen molar-refractivity contribution >= 4 is 33.2 Å². The minimum absolute atomic E-state index is 0.0202. The Morgan fingerprint density at radius 1 is 1.16 bits per heavy atom. The maximum absolute atomic E-state index is 12.7. The molecule has 1 saturated heterocycles. The maximum atomic E-state index is 12.7. The van der Waals surface area contributed by atoms with Gasteiger partial charge in [0.2, 0.25) is 10.0 Å². The molecule has 0 aliphatic carbocycles. The van der Waals surface area contributed by atoms with Gasteiger partial charge in [-0.3, -0.25) is 13.9 Å². The number of anilines is 2. The van der Waals surface area contributed by atoms with Gasteiger partial charge in [0.1, 0.15) is 0 Å². The summed E-state index contributed by atoms with van der Waals surface area (Å²) < 4.78 is 30.7. The van der Waals surface area contributed by atoms with E-state index in [2.05, 4.69) is 17.2 Å². The summed E-state index contributed by atoms with van der Waals surface area (Å²) in [5.41, 5.74) is 1.49. The Balaban J connectivity index is 1.70. The van der Waals surface area contributed by atoms with E-state index >= 15 is 0 Å². The van der Waals surface area contributed by atoms with Crippen molar-refractivity contribution in [2.45, 2.75) is 18.9 Å². The molecule has 3 rings (SSSR count). The van der Waals surface area contributed by atoms with E-state index in [1.807, 2.05) is 0 Å². The Morgan fingerprint density at radius 3 is 2.50 bits per heavy atom. The molecule has 2 amide bonds. The van der Waals surface area contributed by atoms with Gasteiger partial charge in [-0.05, 0) is 49.2 Å². The lowest BCUT2D eigenvalue weighted by Gasteiger charge is -2.20. The molecular weight excluding hydrogens is 430 g/mol. The highest BCUT2D eigenvalue weighted by molar-refractivity contribution is 7.92. The number of rotatable bonds is 9. The summed E-state index contributed by atoms with van der Waals surface area (Å²) in [6.45, 7) is 4.83. The van der Waals surface area contributed by atoms with Crippen molar-refractivity contribution in [3.8, 4) is 0 Å². The second kappa shape index (κ2) is 10.4. The summed E-state index contributed by atoms with van der Waals surface area (Å²) in [7, 11) is -3.48. The van der Waals surface area contributed by atoms with Gasteiger partial charge in [0.15, 0.2) is 0 Å². The third kappa shape index (κ3) is 5.95. The molecule has 170 valence electrons. The number of hydrogen-bond acceptors (Lipinski definition) is 5. The molecule has 32 heavy (non-hydrogen) atoms. The van der Waals surface area contributed by atoms with Crippen LogP contribution in [0.1, 0.15) is 33.6 Å². The van der Waals surface area contributed by atoms with E-state index < -0.39 is 15.9 Å². The van der Waals surface area contributed by atoms with Crippen molar-refractivity contribution in [1.29, 1.82) is 0 Å². The fourth-order valence-corrected chi connectivity index (χ4v) is 4.30. The van der Waals surface area contributed by atoms with E-state index in [9.17, 15) is 18.0 Å². The molecule has 1 unspecified atom stereocenters. The molecule has 1 aliphatic rings. The van der Waals surface area contributed by atoms with Crippen LogP contribution in [0.2, 0.25) is 0 Å². The number of sulfonamides is 1. The first-order valence-corrected chi connectivity index (χ1v) is 12.1. The van der Waals surface area contributed by atoms with E-state index in [1.54, 1.807) is 36.4 Å². The van der Waals surface area contributed by atoms with Crippen LogP contribution < -0.4 is 14.9 Å². The topological polar surface area (TPSA) is 105 Å². The first-order valence-electron chi connectivity index (χ1n) is 10.3. The lowest BCUT2D eigenvalue weighted by molar-refractivity contribution is 0.0858. The Hall–Kier alpha value is -3.17. The zero-order chi connectivity index (χ0) is 23.1. The molecule has 0 saturated carbocycles. The lowest BCUT2D eigenvalue weighted by Crippen LogP contribution is -2.32. The van der Waals surface area contributed by atoms with Crippen LogP contribution in [0.15, 0.2) is 61.2 Å². The van der Waals surface area contributed by atoms with Crippen molar-refractivity contribution in [3.05, 3.63) is 72.3 Å². The number of amides is 2. The highest BCUT2D eigenvalue weighted by atomic mass is 32.2. The van der Waals surface area contributed by atoms with Gasteiger partial charge in [-0.15, -0.1) is 6.58 Å². The molecule has 1 heterocycles. The van der Waals surface area contributed by atoms with Crippen molar-refractivity contribution in [1.82, 2.24) is 5.32 Å². The number of para-hydroxylation sites is 1. The summed E-state index contributed by atoms with van der Waals surface area (Å²) in [5, 5.41) is 5.62. The smallest absolute Gasteiger partial charge is 0.255 e. The zero-order valence-electron chi connectivity index (χ0n) is 17.9. The number of hydrogen-bond donors (Lipinski definition) is 2. The maximum Gasteiger partial charge on any atom is 0.255 e. The van der Waals surface area contributed by atoms with Crippen LogP contribution in [0.25, 0.3) is 0 Å². The lowest BCUT2D eigenvalue weighted by atomic mass is 10.1. The van der Waals surface area contributed by atoms with Crippen molar-refractivity contribution in [2.24, 2.45) is 0 Å². The van der Waals surface area contributed by atoms with E-state index in [4.69, 9.17) is 4.74 Å². The van der Waals surface area contributed by atoms with Gasteiger partial charge in [-0.25, -0.2) is 8.42 Å². The van der Waals surface area contributed by atoms with Gasteiger partial charge in [0.05, 0.1) is 35.8 Å². The summed E-state index contributed by atoms with van der Waals surface area (Å²) >= 11 is 0. The SMILES string of the molecule is C=CCN(c1ccc(C(=O)Nc2ccccc2C(=O)NCC2CCCO2)cc1)S(C)(=O)=O. The number of benzene rings is 2. The van der Waals surface area contributed by atoms with Crippen molar-refractivity contribution in [2.75, 3.05) is 35.6 Å². The average Bonchev–Trinajstić information content (AvgIpc) is 3.29. The van der Waals surface area contributed by atoms with Crippen LogP contribution >= 0.6 is 0 Å². The molecule has 8 nitrogen and oxygen atoms in total. The first kappa shape index (κ1) is 23.5. The Labute approximate surface area is 188 Å². The zero-order valence-corrected chi connectivity index (χ0v) is 18.7. The van der Waals surface area contributed by atoms with Gasteiger partial charge in [-0.1, -0.05) is 18.2 Å². The highest BCUT2D eigenvalue weighted by Crippen LogP contribution is 2.21. The molecule has 2 aromatic rings. The van der Waals surface area contributed by atoms with Crippen LogP contribution in [0.3, 0.4) is 0 Å². The number of nitrogens with one attached hydrogen (secondary N) is 2. The van der Waals surface area contributed by atoms with Gasteiger partial charge in [0.25, 0.3) is 11.8 Å². The van der Waals surface area contributed by atoms with E-state index in [0.717, 1.165) is 19.1 Å². The molecule has 0 bridgehead atoms. The Morgan fingerprint density at radius 2 is 1.88 bits per heavy atom. The molecule has 9 heteroatoms. The minimum atomic E-state index is -3.48. The largest absolute Gasteiger partial charge is 0.376 e. The fraction of sp³-hybridized carbons (Fsp3) is 0.304. The summed E-state index contributed by atoms with van der Waals surface area (Å²) in [6, 6.07) is 12.9. The van der Waals surface area contributed by atoms with Crippen molar-refractivity contribution < 1.29 is 22.7 Å². The predicted molar refractivity (Wildman–Crippen MR) is 125 cm³/mol. The van der Waals surface area contributed by atoms with Gasteiger partial charge in [-0.2, -0.15) is 0 Å². The van der Waals surface area contributed by atoms with Gasteiger partial charge >= 0.3 is 0 Å². The number of carbonyl (C=O) groups excluding carboxylic acids is 2. The predicted octanol–water partition coefficient (Wildman–Crippen LogP) is 2.80. The second-order valence-corrected chi connectivity index (χ2v) is 9.38. The quantitative estimate of drug-likeness (QED) is 0.564. The van der Waals surface area contributed by atoms with Crippen LogP contribution in [-0.2, 0) is 14.8 Å². The monoisotopic (exact) mass is 457 g/mol. The summed E-state index contributed by atoms with van der Waals surface area (Å²) in [5.74, 6) is -0.703. The molecule has 0 radical (unpaired) electrons. The fourth-order valence-electron chi connectivity index (χ4n) is 3.42. The minimum Gasteiger partial charge on any atom is -0.376 e. The van der Waals surface area contributed by atoms with Crippen LogP contribution in [-0.4, -0.2) is 52.3 Å². The van der Waals surface area contributed by atoms with Crippen LogP contribution in [0.5, 0.6) is 0 Å². The number of carbonyl (C=O) groups is 2. The third-order valence-corrected chi connectivity index (χ3v) is 6.21. The molecule has 1 fully saturated rings. The normalized spacial score (nSPS) is 15.7. The van der Waals surface area contributed by atoms with Crippen LogP contribution in [0, 0.1) is 0 Å². The Bertz CT molecular complexity index is 1080. The van der Waals surface area contributed by atoms with Crippen LogP contribution in [0.4, 0.5) is 11.4 Å². The average molecular weight is 458 g/mol. The summed E-state index contributed by atoms with van der Waals surface area (Å²) in [6.07, 6.45) is 4.52. The highest BCUT2D eigenvalue weighted by Gasteiger charge is 2.19. The van der Waals surface area contributed by atoms with Gasteiger partial charge in [0, 0.05) is 18.7 Å². The summed E-state index contributed by atoms with van der Waals surface area (Å²) in [4.78, 5) is 25.4. The van der Waals surface area contributed by atoms with Crippen molar-refractivity contribution in [3.63, 3.8) is 0 Å². The molecule has 2 N–H and O–H groups in total. The first-order chi connectivity index (χ1) is 15.3. The van der Waals surface area contributed by atoms with E-state index in [0.29, 0.717) is 35.7 Å². The van der Waals surface area contributed by atoms with E-state index in [1.165, 1.54) is 22.5 Å². The molecule has 0 aromatic heterocycles. The number of nitrogens with zero attached hydrogens (tertiary/aromatic N) is 1. The molecule has 1 atom stereocenters. The number of ether oxygens (including phenoxy) is 1. The molecule has 1 aliphatic heterocycles. The second-order valence-electron chi connectivity index (χ2n) is 7.47. The molecular formula is C23H27N3O5S. The Kier molecular flexibility index (Phi) is 7.66. The molecule has 0 spiro atoms. The van der Waals surface area contributed by atoms with E-state index in [-0.39, 0.29) is 18.6 Å². The molecule has 2 aromatic carbocycles. The third-order valence-electron chi connectivity index (χ3n) is 5.05. The standard InChI is InChI=1S/C23H27N3O5S/c1-3-14-26(32(2,29)30)18-12-10-17(11-13-18)22(27)25-21-9-5-4-8-20(21)23(28)24-16-19-7-6-15-31-19/h3-5,8-13,19H,1,6-7,14-16H2,2H3,(H,24,28)(H,25,27). The van der Waals surface area contributed by atoms with Gasteiger partial charge < -0.3 is 15.4 Å².